The monoisotopic (exact) mass is 340 g/mol. The molecule has 1 saturated heterocycles. The number of nitrogens with one attached hydrogen (secondary N) is 1. The van der Waals surface area contributed by atoms with Crippen molar-refractivity contribution >= 4 is 10.0 Å². The van der Waals surface area contributed by atoms with E-state index in [0.29, 0.717) is 29.7 Å². The highest BCUT2D eigenvalue weighted by molar-refractivity contribution is 7.89. The molecular formula is C17H28N2O3S. The Labute approximate surface area is 140 Å². The molecule has 1 fully saturated rings. The van der Waals surface area contributed by atoms with Gasteiger partial charge in [0.05, 0.1) is 7.11 Å². The molecule has 2 rings (SSSR count). The standard InChI is InChI=1S/C17H28N2O3S/c1-5-18-12-15-6-8-19(9-7-15)23(20,21)17-14(3)10-13(2)11-16(17)22-4/h10-11,15,18H,5-9,12H2,1-4H3. The lowest BCUT2D eigenvalue weighted by molar-refractivity contribution is 0.267. The number of benzene rings is 1. The number of rotatable bonds is 6. The first-order chi connectivity index (χ1) is 10.9. The number of aryl methyl sites for hydroxylation is 2. The topological polar surface area (TPSA) is 58.6 Å². The summed E-state index contributed by atoms with van der Waals surface area (Å²) in [4.78, 5) is 0.315. The van der Waals surface area contributed by atoms with Gasteiger partial charge in [0.1, 0.15) is 10.6 Å². The van der Waals surface area contributed by atoms with E-state index in [1.165, 1.54) is 7.11 Å². The molecule has 1 aromatic rings. The summed E-state index contributed by atoms with van der Waals surface area (Å²) in [5.41, 5.74) is 1.75. The van der Waals surface area contributed by atoms with Gasteiger partial charge in [-0.3, -0.25) is 0 Å². The third-order valence-electron chi connectivity index (χ3n) is 4.46. The zero-order valence-corrected chi connectivity index (χ0v) is 15.4. The van der Waals surface area contributed by atoms with Crippen LogP contribution in [0.25, 0.3) is 0 Å². The minimum absolute atomic E-state index is 0.315. The van der Waals surface area contributed by atoms with Gasteiger partial charge in [-0.25, -0.2) is 8.42 Å². The lowest BCUT2D eigenvalue weighted by atomic mass is 9.98. The van der Waals surface area contributed by atoms with Gasteiger partial charge in [0.2, 0.25) is 10.0 Å². The van der Waals surface area contributed by atoms with E-state index in [2.05, 4.69) is 12.2 Å². The largest absolute Gasteiger partial charge is 0.495 e. The van der Waals surface area contributed by atoms with Gasteiger partial charge in [-0.15, -0.1) is 0 Å². The first-order valence-corrected chi connectivity index (χ1v) is 9.70. The quantitative estimate of drug-likeness (QED) is 0.863. The van der Waals surface area contributed by atoms with E-state index in [1.54, 1.807) is 10.4 Å². The number of hydrogen-bond donors (Lipinski definition) is 1. The predicted octanol–water partition coefficient (Wildman–Crippen LogP) is 2.32. The maximum absolute atomic E-state index is 13.1. The van der Waals surface area contributed by atoms with Crippen LogP contribution in [0.2, 0.25) is 0 Å². The number of methoxy groups -OCH3 is 1. The van der Waals surface area contributed by atoms with Crippen LogP contribution in [-0.2, 0) is 10.0 Å². The summed E-state index contributed by atoms with van der Waals surface area (Å²) < 4.78 is 33.0. The van der Waals surface area contributed by atoms with Crippen molar-refractivity contribution in [2.45, 2.75) is 38.5 Å². The van der Waals surface area contributed by atoms with Crippen molar-refractivity contribution in [3.63, 3.8) is 0 Å². The minimum Gasteiger partial charge on any atom is -0.495 e. The van der Waals surface area contributed by atoms with Crippen molar-refractivity contribution in [2.24, 2.45) is 5.92 Å². The third-order valence-corrected chi connectivity index (χ3v) is 6.54. The normalized spacial score (nSPS) is 17.4. The summed E-state index contributed by atoms with van der Waals surface area (Å²) in [5.74, 6) is 1.000. The molecule has 130 valence electrons. The van der Waals surface area contributed by atoms with Crippen LogP contribution in [0, 0.1) is 19.8 Å². The number of piperidine rings is 1. The summed E-state index contributed by atoms with van der Waals surface area (Å²) in [6, 6.07) is 3.69. The highest BCUT2D eigenvalue weighted by Crippen LogP contribution is 2.33. The van der Waals surface area contributed by atoms with E-state index in [-0.39, 0.29) is 0 Å². The molecule has 5 nitrogen and oxygen atoms in total. The molecule has 0 atom stereocenters. The van der Waals surface area contributed by atoms with Crippen LogP contribution in [0.3, 0.4) is 0 Å². The summed E-state index contributed by atoms with van der Waals surface area (Å²) in [6.07, 6.45) is 1.80. The van der Waals surface area contributed by atoms with E-state index in [4.69, 9.17) is 4.74 Å². The van der Waals surface area contributed by atoms with Crippen LogP contribution in [0.15, 0.2) is 17.0 Å². The second-order valence-corrected chi connectivity index (χ2v) is 8.14. The number of ether oxygens (including phenoxy) is 1. The first kappa shape index (κ1) is 18.2. The molecule has 0 saturated carbocycles. The van der Waals surface area contributed by atoms with Crippen molar-refractivity contribution in [1.82, 2.24) is 9.62 Å². The van der Waals surface area contributed by atoms with E-state index in [1.807, 2.05) is 19.9 Å². The van der Waals surface area contributed by atoms with Gasteiger partial charge in [0, 0.05) is 13.1 Å². The maximum atomic E-state index is 13.1. The van der Waals surface area contributed by atoms with Crippen LogP contribution in [0.5, 0.6) is 5.75 Å². The predicted molar refractivity (Wildman–Crippen MR) is 92.5 cm³/mol. The molecule has 0 amide bonds. The fraction of sp³-hybridized carbons (Fsp3) is 0.647. The molecule has 0 aliphatic carbocycles. The van der Waals surface area contributed by atoms with Crippen LogP contribution < -0.4 is 10.1 Å². The molecular weight excluding hydrogens is 312 g/mol. The molecule has 0 radical (unpaired) electrons. The Morgan fingerprint density at radius 2 is 1.91 bits per heavy atom. The Hall–Kier alpha value is -1.11. The van der Waals surface area contributed by atoms with E-state index >= 15 is 0 Å². The van der Waals surface area contributed by atoms with Gasteiger partial charge >= 0.3 is 0 Å². The molecule has 1 heterocycles. The molecule has 0 spiro atoms. The minimum atomic E-state index is -3.51. The molecule has 1 aromatic carbocycles. The van der Waals surface area contributed by atoms with E-state index in [0.717, 1.165) is 37.1 Å². The lowest BCUT2D eigenvalue weighted by Gasteiger charge is -2.32. The van der Waals surface area contributed by atoms with Gasteiger partial charge in [0.15, 0.2) is 0 Å². The average Bonchev–Trinajstić information content (AvgIpc) is 2.52. The lowest BCUT2D eigenvalue weighted by Crippen LogP contribution is -2.41. The van der Waals surface area contributed by atoms with Gasteiger partial charge in [0.25, 0.3) is 0 Å². The Bertz CT molecular complexity index is 635. The highest BCUT2D eigenvalue weighted by Gasteiger charge is 2.32. The molecule has 1 aliphatic rings. The van der Waals surface area contributed by atoms with Gasteiger partial charge in [-0.2, -0.15) is 4.31 Å². The van der Waals surface area contributed by atoms with Crippen molar-refractivity contribution < 1.29 is 13.2 Å². The Morgan fingerprint density at radius 1 is 1.26 bits per heavy atom. The van der Waals surface area contributed by atoms with Crippen LogP contribution in [0.4, 0.5) is 0 Å². The summed E-state index contributed by atoms with van der Waals surface area (Å²) in [7, 11) is -1.98. The van der Waals surface area contributed by atoms with Crippen molar-refractivity contribution in [2.75, 3.05) is 33.3 Å². The zero-order valence-electron chi connectivity index (χ0n) is 14.6. The Balaban J connectivity index is 2.21. The maximum Gasteiger partial charge on any atom is 0.247 e. The van der Waals surface area contributed by atoms with Crippen molar-refractivity contribution in [1.29, 1.82) is 0 Å². The van der Waals surface area contributed by atoms with E-state index < -0.39 is 10.0 Å². The molecule has 1 N–H and O–H groups in total. The first-order valence-electron chi connectivity index (χ1n) is 8.26. The van der Waals surface area contributed by atoms with E-state index in [9.17, 15) is 8.42 Å². The van der Waals surface area contributed by atoms with Crippen LogP contribution in [-0.4, -0.2) is 46.0 Å². The fourth-order valence-corrected chi connectivity index (χ4v) is 5.04. The molecule has 0 bridgehead atoms. The second-order valence-electron chi connectivity index (χ2n) is 6.27. The summed E-state index contributed by atoms with van der Waals surface area (Å²) in [6.45, 7) is 8.95. The smallest absolute Gasteiger partial charge is 0.247 e. The summed E-state index contributed by atoms with van der Waals surface area (Å²) >= 11 is 0. The molecule has 0 aromatic heterocycles. The second kappa shape index (κ2) is 7.64. The van der Waals surface area contributed by atoms with Crippen molar-refractivity contribution in [3.05, 3.63) is 23.3 Å². The SMILES string of the molecule is CCNCC1CCN(S(=O)(=O)c2c(C)cc(C)cc2OC)CC1. The highest BCUT2D eigenvalue weighted by atomic mass is 32.2. The molecule has 23 heavy (non-hydrogen) atoms. The Morgan fingerprint density at radius 3 is 2.48 bits per heavy atom. The molecule has 0 unspecified atom stereocenters. The van der Waals surface area contributed by atoms with Crippen LogP contribution >= 0.6 is 0 Å². The third kappa shape index (κ3) is 4.05. The van der Waals surface area contributed by atoms with Gasteiger partial charge in [-0.05, 0) is 62.9 Å². The summed E-state index contributed by atoms with van der Waals surface area (Å²) in [5, 5.41) is 3.35. The Kier molecular flexibility index (Phi) is 6.06. The molecule has 6 heteroatoms. The average molecular weight is 340 g/mol. The zero-order chi connectivity index (χ0) is 17.0. The van der Waals surface area contributed by atoms with Gasteiger partial charge < -0.3 is 10.1 Å². The number of nitrogens with zero attached hydrogens (tertiary/aromatic N) is 1. The number of sulfonamides is 1. The molecule has 1 aliphatic heterocycles. The van der Waals surface area contributed by atoms with Crippen molar-refractivity contribution in [3.8, 4) is 5.75 Å². The number of hydrogen-bond acceptors (Lipinski definition) is 4. The van der Waals surface area contributed by atoms with Gasteiger partial charge in [-0.1, -0.05) is 13.0 Å². The van der Waals surface area contributed by atoms with Crippen LogP contribution in [0.1, 0.15) is 30.9 Å². The fourth-order valence-electron chi connectivity index (χ4n) is 3.23.